The lowest BCUT2D eigenvalue weighted by atomic mass is 10.1. The molecule has 3 N–H and O–H groups in total. The van der Waals surface area contributed by atoms with Crippen molar-refractivity contribution in [1.82, 2.24) is 0 Å². The minimum absolute atomic E-state index is 0.214. The van der Waals surface area contributed by atoms with Crippen molar-refractivity contribution in [3.63, 3.8) is 0 Å². The van der Waals surface area contributed by atoms with Gasteiger partial charge in [0.25, 0.3) is 0 Å². The van der Waals surface area contributed by atoms with Gasteiger partial charge in [0, 0.05) is 12.2 Å². The average molecular weight is 250 g/mol. The zero-order valence-electron chi connectivity index (χ0n) is 11.3. The lowest BCUT2D eigenvalue weighted by molar-refractivity contribution is -0.116. The number of carbonyl (C=O) groups is 1. The zero-order chi connectivity index (χ0) is 13.7. The average Bonchev–Trinajstić information content (AvgIpc) is 2.27. The number of aliphatic hydroxyl groups excluding tert-OH is 1. The molecule has 0 spiro atoms. The van der Waals surface area contributed by atoms with E-state index in [9.17, 15) is 9.90 Å². The second-order valence-corrected chi connectivity index (χ2v) is 5.01. The number of nitrogens with zero attached hydrogens (tertiary/aromatic N) is 1. The van der Waals surface area contributed by atoms with Crippen LogP contribution < -0.4 is 10.6 Å². The quantitative estimate of drug-likeness (QED) is 0.807. The first kappa shape index (κ1) is 14.5. The van der Waals surface area contributed by atoms with Gasteiger partial charge in [-0.05, 0) is 30.5 Å². The zero-order valence-corrected chi connectivity index (χ0v) is 11.3. The van der Waals surface area contributed by atoms with Crippen LogP contribution in [0.4, 0.5) is 5.69 Å². The van der Waals surface area contributed by atoms with Gasteiger partial charge < -0.3 is 15.7 Å². The molecule has 0 radical (unpaired) electrons. The molecule has 0 aromatic heterocycles. The van der Waals surface area contributed by atoms with Gasteiger partial charge in [-0.1, -0.05) is 26.0 Å². The summed E-state index contributed by atoms with van der Waals surface area (Å²) in [5, 5.41) is 9.46. The Bertz CT molecular complexity index is 385. The minimum Gasteiger partial charge on any atom is -0.389 e. The molecule has 0 aliphatic carbocycles. The summed E-state index contributed by atoms with van der Waals surface area (Å²) in [5.41, 5.74) is 7.08. The van der Waals surface area contributed by atoms with Gasteiger partial charge in [-0.2, -0.15) is 0 Å². The van der Waals surface area contributed by atoms with E-state index in [-0.39, 0.29) is 12.5 Å². The van der Waals surface area contributed by atoms with Crippen molar-refractivity contribution >= 4 is 11.6 Å². The van der Waals surface area contributed by atoms with Gasteiger partial charge in [-0.15, -0.1) is 0 Å². The molecule has 18 heavy (non-hydrogen) atoms. The van der Waals surface area contributed by atoms with Crippen LogP contribution in [-0.2, 0) is 4.79 Å². The molecule has 1 aromatic rings. The summed E-state index contributed by atoms with van der Waals surface area (Å²) < 4.78 is 0. The van der Waals surface area contributed by atoms with Gasteiger partial charge in [0.05, 0.1) is 12.6 Å². The van der Waals surface area contributed by atoms with Crippen LogP contribution in [-0.4, -0.2) is 24.1 Å². The van der Waals surface area contributed by atoms with Crippen molar-refractivity contribution in [2.24, 2.45) is 11.7 Å². The van der Waals surface area contributed by atoms with Crippen molar-refractivity contribution in [2.75, 3.05) is 18.0 Å². The summed E-state index contributed by atoms with van der Waals surface area (Å²) in [5.74, 6) is 0.107. The topological polar surface area (TPSA) is 66.6 Å². The standard InChI is InChI=1S/C14H22N2O2/c1-10(2)8-16(9-14(15)18)13-6-4-12(5-7-13)11(3)17/h4-7,10-11,17H,8-9H2,1-3H3,(H2,15,18)/t11-/m0/s1. The first-order valence-corrected chi connectivity index (χ1v) is 6.21. The number of hydrogen-bond donors (Lipinski definition) is 2. The number of aliphatic hydroxyl groups is 1. The minimum atomic E-state index is -0.478. The SMILES string of the molecule is CC(C)CN(CC(N)=O)c1ccc([C@H](C)O)cc1. The third kappa shape index (κ3) is 4.37. The lowest BCUT2D eigenvalue weighted by Crippen LogP contribution is -2.36. The van der Waals surface area contributed by atoms with Crippen LogP contribution in [0.1, 0.15) is 32.4 Å². The molecule has 1 atom stereocenters. The molecule has 0 heterocycles. The van der Waals surface area contributed by atoms with E-state index in [0.29, 0.717) is 5.92 Å². The molecular formula is C14H22N2O2. The van der Waals surface area contributed by atoms with Crippen LogP contribution in [0.3, 0.4) is 0 Å². The van der Waals surface area contributed by atoms with E-state index in [1.165, 1.54) is 0 Å². The Labute approximate surface area is 108 Å². The van der Waals surface area contributed by atoms with Crippen LogP contribution in [0.25, 0.3) is 0 Å². The number of amides is 1. The van der Waals surface area contributed by atoms with Crippen molar-refractivity contribution in [2.45, 2.75) is 26.9 Å². The molecular weight excluding hydrogens is 228 g/mol. The monoisotopic (exact) mass is 250 g/mol. The maximum atomic E-state index is 11.1. The second-order valence-electron chi connectivity index (χ2n) is 5.01. The van der Waals surface area contributed by atoms with E-state index in [0.717, 1.165) is 17.8 Å². The number of primary amides is 1. The van der Waals surface area contributed by atoms with Crippen molar-refractivity contribution in [3.05, 3.63) is 29.8 Å². The second kappa shape index (κ2) is 6.40. The normalized spacial score (nSPS) is 12.5. The first-order valence-electron chi connectivity index (χ1n) is 6.21. The van der Waals surface area contributed by atoms with E-state index in [4.69, 9.17) is 5.73 Å². The predicted octanol–water partition coefficient (Wildman–Crippen LogP) is 1.69. The van der Waals surface area contributed by atoms with E-state index in [2.05, 4.69) is 13.8 Å². The smallest absolute Gasteiger partial charge is 0.236 e. The summed E-state index contributed by atoms with van der Waals surface area (Å²) in [6.07, 6.45) is -0.478. The van der Waals surface area contributed by atoms with Crippen LogP contribution >= 0.6 is 0 Å². The fourth-order valence-corrected chi connectivity index (χ4v) is 1.85. The molecule has 4 nitrogen and oxygen atoms in total. The molecule has 0 unspecified atom stereocenters. The molecule has 0 bridgehead atoms. The highest BCUT2D eigenvalue weighted by atomic mass is 16.3. The van der Waals surface area contributed by atoms with Gasteiger partial charge >= 0.3 is 0 Å². The fourth-order valence-electron chi connectivity index (χ4n) is 1.85. The molecule has 0 saturated carbocycles. The van der Waals surface area contributed by atoms with E-state index in [1.54, 1.807) is 6.92 Å². The van der Waals surface area contributed by atoms with E-state index < -0.39 is 6.10 Å². The van der Waals surface area contributed by atoms with Crippen LogP contribution in [0.5, 0.6) is 0 Å². The van der Waals surface area contributed by atoms with Crippen molar-refractivity contribution in [1.29, 1.82) is 0 Å². The molecule has 0 aliphatic rings. The molecule has 0 aliphatic heterocycles. The highest BCUT2D eigenvalue weighted by molar-refractivity contribution is 5.79. The van der Waals surface area contributed by atoms with Gasteiger partial charge in [0.1, 0.15) is 0 Å². The maximum Gasteiger partial charge on any atom is 0.236 e. The molecule has 1 amide bonds. The summed E-state index contributed by atoms with van der Waals surface area (Å²) in [7, 11) is 0. The van der Waals surface area contributed by atoms with Gasteiger partial charge in [0.2, 0.25) is 5.91 Å². The molecule has 1 aromatic carbocycles. The Hall–Kier alpha value is -1.55. The highest BCUT2D eigenvalue weighted by Crippen LogP contribution is 2.19. The summed E-state index contributed by atoms with van der Waals surface area (Å²) in [4.78, 5) is 13.0. The highest BCUT2D eigenvalue weighted by Gasteiger charge is 2.11. The number of rotatable bonds is 6. The first-order chi connectivity index (χ1) is 8.40. The summed E-state index contributed by atoms with van der Waals surface area (Å²) in [6, 6.07) is 7.56. The van der Waals surface area contributed by atoms with Crippen LogP contribution in [0.15, 0.2) is 24.3 Å². The largest absolute Gasteiger partial charge is 0.389 e. The molecule has 4 heteroatoms. The maximum absolute atomic E-state index is 11.1. The Morgan fingerprint density at radius 3 is 2.22 bits per heavy atom. The molecule has 0 saturated heterocycles. The van der Waals surface area contributed by atoms with Crippen LogP contribution in [0.2, 0.25) is 0 Å². The summed E-state index contributed by atoms with van der Waals surface area (Å²) in [6.45, 7) is 6.91. The Morgan fingerprint density at radius 1 is 1.28 bits per heavy atom. The molecule has 0 fully saturated rings. The predicted molar refractivity (Wildman–Crippen MR) is 73.3 cm³/mol. The van der Waals surface area contributed by atoms with Gasteiger partial charge in [0.15, 0.2) is 0 Å². The van der Waals surface area contributed by atoms with E-state index in [1.807, 2.05) is 29.2 Å². The third-order valence-electron chi connectivity index (χ3n) is 2.67. The Balaban J connectivity index is 2.87. The molecule has 100 valence electrons. The Morgan fingerprint density at radius 2 is 1.83 bits per heavy atom. The lowest BCUT2D eigenvalue weighted by Gasteiger charge is -2.25. The number of hydrogen-bond acceptors (Lipinski definition) is 3. The number of anilines is 1. The van der Waals surface area contributed by atoms with Crippen LogP contribution in [0, 0.1) is 5.92 Å². The molecule has 1 rings (SSSR count). The van der Waals surface area contributed by atoms with Gasteiger partial charge in [-0.25, -0.2) is 0 Å². The fraction of sp³-hybridized carbons (Fsp3) is 0.500. The number of nitrogens with two attached hydrogens (primary N) is 1. The van der Waals surface area contributed by atoms with E-state index >= 15 is 0 Å². The summed E-state index contributed by atoms with van der Waals surface area (Å²) >= 11 is 0. The van der Waals surface area contributed by atoms with Crippen molar-refractivity contribution in [3.8, 4) is 0 Å². The number of benzene rings is 1. The third-order valence-corrected chi connectivity index (χ3v) is 2.67. The number of carbonyl (C=O) groups excluding carboxylic acids is 1. The van der Waals surface area contributed by atoms with Crippen molar-refractivity contribution < 1.29 is 9.90 Å². The van der Waals surface area contributed by atoms with Gasteiger partial charge in [-0.3, -0.25) is 4.79 Å². The Kier molecular flexibility index (Phi) is 5.16.